The Morgan fingerprint density at radius 2 is 2.10 bits per heavy atom. The van der Waals surface area contributed by atoms with Crippen LogP contribution in [-0.2, 0) is 4.74 Å². The molecule has 0 atom stereocenters. The van der Waals surface area contributed by atoms with Gasteiger partial charge in [-0.25, -0.2) is 9.78 Å². The van der Waals surface area contributed by atoms with Gasteiger partial charge in [-0.15, -0.1) is 0 Å². The van der Waals surface area contributed by atoms with E-state index >= 15 is 0 Å². The van der Waals surface area contributed by atoms with E-state index in [9.17, 15) is 4.79 Å². The molecule has 0 saturated carbocycles. The highest BCUT2D eigenvalue weighted by Gasteiger charge is 2.16. The number of anilines is 1. The number of hydrogen-bond donors (Lipinski definition) is 0. The highest BCUT2D eigenvalue weighted by atomic mass is 79.9. The third-order valence-electron chi connectivity index (χ3n) is 3.44. The largest absolute Gasteiger partial charge is 0.465 e. The molecule has 2 aromatic rings. The van der Waals surface area contributed by atoms with Gasteiger partial charge in [0, 0.05) is 17.6 Å². The van der Waals surface area contributed by atoms with Crippen LogP contribution in [0.4, 0.5) is 5.82 Å². The summed E-state index contributed by atoms with van der Waals surface area (Å²) in [6, 6.07) is 3.42. The minimum atomic E-state index is -0.377. The van der Waals surface area contributed by atoms with Crippen molar-refractivity contribution in [3.63, 3.8) is 0 Å². The lowest BCUT2D eigenvalue weighted by atomic mass is 10.2. The Kier molecular flexibility index (Phi) is 3.56. The maximum atomic E-state index is 11.6. The van der Waals surface area contributed by atoms with Crippen molar-refractivity contribution in [1.29, 1.82) is 0 Å². The molecule has 2 heterocycles. The zero-order chi connectivity index (χ0) is 14.1. The molecule has 1 aliphatic heterocycles. The van der Waals surface area contributed by atoms with E-state index in [4.69, 9.17) is 4.74 Å². The molecule has 1 aromatic carbocycles. The summed E-state index contributed by atoms with van der Waals surface area (Å²) in [6.45, 7) is 2.05. The molecule has 104 valence electrons. The molecule has 1 saturated heterocycles. The fourth-order valence-electron chi connectivity index (χ4n) is 2.40. The summed E-state index contributed by atoms with van der Waals surface area (Å²) >= 11 is 3.46. The topological polar surface area (TPSA) is 55.3 Å². The zero-order valence-electron chi connectivity index (χ0n) is 11.1. The van der Waals surface area contributed by atoms with Gasteiger partial charge in [0.05, 0.1) is 24.4 Å². The highest BCUT2D eigenvalue weighted by molar-refractivity contribution is 9.10. The van der Waals surface area contributed by atoms with Gasteiger partial charge in [-0.3, -0.25) is 4.98 Å². The molecular weight excluding hydrogens is 322 g/mol. The first-order valence-corrected chi connectivity index (χ1v) is 7.28. The maximum absolute atomic E-state index is 11.6. The van der Waals surface area contributed by atoms with Gasteiger partial charge in [0.1, 0.15) is 11.3 Å². The summed E-state index contributed by atoms with van der Waals surface area (Å²) in [7, 11) is 1.36. The van der Waals surface area contributed by atoms with E-state index in [1.165, 1.54) is 20.0 Å². The number of nitrogens with zero attached hydrogens (tertiary/aromatic N) is 3. The molecule has 0 aliphatic carbocycles. The van der Waals surface area contributed by atoms with Crippen molar-refractivity contribution in [1.82, 2.24) is 9.97 Å². The van der Waals surface area contributed by atoms with Gasteiger partial charge in [-0.2, -0.15) is 0 Å². The second-order valence-electron chi connectivity index (χ2n) is 4.74. The third kappa shape index (κ3) is 2.35. The summed E-state index contributed by atoms with van der Waals surface area (Å²) in [4.78, 5) is 22.9. The quantitative estimate of drug-likeness (QED) is 0.790. The first kappa shape index (κ1) is 13.3. The summed E-state index contributed by atoms with van der Waals surface area (Å²) in [5.41, 5.74) is 1.92. The standard InChI is InChI=1S/C14H14BrN3O2/c1-20-14(19)9-6-10(15)13-11(7-9)16-8-12(17-13)18-4-2-3-5-18/h6-8H,2-5H2,1H3. The number of aromatic nitrogens is 2. The van der Waals surface area contributed by atoms with Crippen LogP contribution in [0.1, 0.15) is 23.2 Å². The molecule has 1 aromatic heterocycles. The van der Waals surface area contributed by atoms with Crippen molar-refractivity contribution < 1.29 is 9.53 Å². The van der Waals surface area contributed by atoms with Crippen molar-refractivity contribution >= 4 is 38.8 Å². The number of hydrogen-bond acceptors (Lipinski definition) is 5. The predicted molar refractivity (Wildman–Crippen MR) is 80.0 cm³/mol. The van der Waals surface area contributed by atoms with E-state index in [-0.39, 0.29) is 5.97 Å². The summed E-state index contributed by atoms with van der Waals surface area (Å²) in [5.74, 6) is 0.513. The van der Waals surface area contributed by atoms with Gasteiger partial charge in [0.15, 0.2) is 0 Å². The molecule has 0 bridgehead atoms. The van der Waals surface area contributed by atoms with E-state index in [1.54, 1.807) is 18.3 Å². The number of halogens is 1. The first-order chi connectivity index (χ1) is 9.69. The van der Waals surface area contributed by atoms with E-state index in [2.05, 4.69) is 30.8 Å². The van der Waals surface area contributed by atoms with Gasteiger partial charge in [0.25, 0.3) is 0 Å². The van der Waals surface area contributed by atoms with Gasteiger partial charge in [0.2, 0.25) is 0 Å². The van der Waals surface area contributed by atoms with Crippen molar-refractivity contribution in [2.24, 2.45) is 0 Å². The van der Waals surface area contributed by atoms with Gasteiger partial charge < -0.3 is 9.64 Å². The fourth-order valence-corrected chi connectivity index (χ4v) is 2.94. The van der Waals surface area contributed by atoms with Crippen LogP contribution < -0.4 is 4.90 Å². The average molecular weight is 336 g/mol. The number of carbonyl (C=O) groups is 1. The van der Waals surface area contributed by atoms with Crippen molar-refractivity contribution in [2.75, 3.05) is 25.1 Å². The molecule has 0 N–H and O–H groups in total. The first-order valence-electron chi connectivity index (χ1n) is 6.48. The Bertz CT molecular complexity index is 669. The normalized spacial score (nSPS) is 14.8. The number of rotatable bonds is 2. The minimum absolute atomic E-state index is 0.377. The maximum Gasteiger partial charge on any atom is 0.337 e. The second-order valence-corrected chi connectivity index (χ2v) is 5.59. The lowest BCUT2D eigenvalue weighted by Gasteiger charge is -2.16. The molecule has 5 nitrogen and oxygen atoms in total. The van der Waals surface area contributed by atoms with Crippen LogP contribution in [0.2, 0.25) is 0 Å². The summed E-state index contributed by atoms with van der Waals surface area (Å²) < 4.78 is 5.48. The molecule has 1 aliphatic rings. The number of benzene rings is 1. The number of fused-ring (bicyclic) bond motifs is 1. The summed E-state index contributed by atoms with van der Waals surface area (Å²) in [6.07, 6.45) is 4.16. The van der Waals surface area contributed by atoms with Gasteiger partial charge in [-0.05, 0) is 40.9 Å². The molecular formula is C14H14BrN3O2. The average Bonchev–Trinajstić information content (AvgIpc) is 3.00. The Labute approximate surface area is 125 Å². The third-order valence-corrected chi connectivity index (χ3v) is 4.04. The Morgan fingerprint density at radius 3 is 2.80 bits per heavy atom. The Hall–Kier alpha value is -1.69. The monoisotopic (exact) mass is 335 g/mol. The predicted octanol–water partition coefficient (Wildman–Crippen LogP) is 2.78. The molecule has 20 heavy (non-hydrogen) atoms. The van der Waals surface area contributed by atoms with Crippen LogP contribution in [0.5, 0.6) is 0 Å². The second kappa shape index (κ2) is 5.36. The van der Waals surface area contributed by atoms with Crippen LogP contribution in [0.25, 0.3) is 11.0 Å². The number of ether oxygens (including phenoxy) is 1. The molecule has 1 fully saturated rings. The Balaban J connectivity index is 2.06. The molecule has 0 amide bonds. The van der Waals surface area contributed by atoms with Crippen LogP contribution in [0.15, 0.2) is 22.8 Å². The molecule has 0 unspecified atom stereocenters. The van der Waals surface area contributed by atoms with Gasteiger partial charge in [-0.1, -0.05) is 0 Å². The van der Waals surface area contributed by atoms with Crippen molar-refractivity contribution in [2.45, 2.75) is 12.8 Å². The van der Waals surface area contributed by atoms with Crippen molar-refractivity contribution in [3.8, 4) is 0 Å². The van der Waals surface area contributed by atoms with Gasteiger partial charge >= 0.3 is 5.97 Å². The SMILES string of the molecule is COC(=O)c1cc(Br)c2nc(N3CCCC3)cnc2c1. The summed E-state index contributed by atoms with van der Waals surface area (Å²) in [5, 5.41) is 0. The molecule has 0 radical (unpaired) electrons. The van der Waals surface area contributed by atoms with E-state index in [0.717, 1.165) is 28.9 Å². The van der Waals surface area contributed by atoms with Crippen LogP contribution in [0.3, 0.4) is 0 Å². The molecule has 0 spiro atoms. The van der Waals surface area contributed by atoms with Crippen LogP contribution in [0, 0.1) is 0 Å². The zero-order valence-corrected chi connectivity index (χ0v) is 12.7. The minimum Gasteiger partial charge on any atom is -0.465 e. The van der Waals surface area contributed by atoms with E-state index < -0.39 is 0 Å². The van der Waals surface area contributed by atoms with Crippen molar-refractivity contribution in [3.05, 3.63) is 28.4 Å². The number of esters is 1. The lowest BCUT2D eigenvalue weighted by Crippen LogP contribution is -2.19. The van der Waals surface area contributed by atoms with Crippen LogP contribution in [-0.4, -0.2) is 36.1 Å². The fraction of sp³-hybridized carbons (Fsp3) is 0.357. The van der Waals surface area contributed by atoms with E-state index in [0.29, 0.717) is 11.1 Å². The van der Waals surface area contributed by atoms with E-state index in [1.807, 2.05) is 0 Å². The molecule has 6 heteroatoms. The number of methoxy groups -OCH3 is 1. The Morgan fingerprint density at radius 1 is 1.35 bits per heavy atom. The smallest absolute Gasteiger partial charge is 0.337 e. The lowest BCUT2D eigenvalue weighted by molar-refractivity contribution is 0.0601. The number of carbonyl (C=O) groups excluding carboxylic acids is 1. The highest BCUT2D eigenvalue weighted by Crippen LogP contribution is 2.26. The van der Waals surface area contributed by atoms with Crippen LogP contribution >= 0.6 is 15.9 Å². The molecule has 3 rings (SSSR count).